The smallest absolute Gasteiger partial charge is 0.206 e. The molecule has 74 valence electrons. The average molecular weight is 265 g/mol. The molecule has 0 aliphatic heterocycles. The molecule has 0 N–H and O–H groups in total. The largest absolute Gasteiger partial charge is 0.332 e. The van der Waals surface area contributed by atoms with Crippen molar-refractivity contribution in [3.8, 4) is 0 Å². The van der Waals surface area contributed by atoms with E-state index in [1.807, 2.05) is 0 Å². The van der Waals surface area contributed by atoms with Gasteiger partial charge in [0.05, 0.1) is 0 Å². The molecular weight excluding hydrogens is 263 g/mol. The van der Waals surface area contributed by atoms with E-state index >= 15 is 0 Å². The van der Waals surface area contributed by atoms with Crippen molar-refractivity contribution in [3.05, 3.63) is 11.4 Å². The molecule has 0 spiro atoms. The van der Waals surface area contributed by atoms with Gasteiger partial charge in [0.15, 0.2) is 0 Å². The van der Waals surface area contributed by atoms with Gasteiger partial charge in [0.1, 0.15) is 9.10 Å². The standard InChI is InChI=1S/C4H2ClFO4S3/c5-12(7,8)4-1-3(2-11-4)13(6,9)10/h1-2H. The van der Waals surface area contributed by atoms with Crippen LogP contribution in [0.3, 0.4) is 0 Å². The quantitative estimate of drug-likeness (QED) is 0.756. The van der Waals surface area contributed by atoms with Crippen LogP contribution in [0.4, 0.5) is 3.89 Å². The van der Waals surface area contributed by atoms with Crippen LogP contribution in [0.25, 0.3) is 0 Å². The summed E-state index contributed by atoms with van der Waals surface area (Å²) in [4.78, 5) is -0.697. The van der Waals surface area contributed by atoms with Gasteiger partial charge in [0.2, 0.25) is 0 Å². The van der Waals surface area contributed by atoms with Crippen molar-refractivity contribution in [2.24, 2.45) is 0 Å². The van der Waals surface area contributed by atoms with Crippen LogP contribution in [0, 0.1) is 0 Å². The van der Waals surface area contributed by atoms with Gasteiger partial charge in [0, 0.05) is 16.1 Å². The van der Waals surface area contributed by atoms with E-state index in [9.17, 15) is 20.7 Å². The minimum absolute atomic E-state index is 0.398. The lowest BCUT2D eigenvalue weighted by Gasteiger charge is -1.85. The van der Waals surface area contributed by atoms with Crippen LogP contribution >= 0.6 is 22.0 Å². The van der Waals surface area contributed by atoms with Crippen LogP contribution in [0.1, 0.15) is 0 Å². The van der Waals surface area contributed by atoms with Crippen molar-refractivity contribution < 1.29 is 20.7 Å². The van der Waals surface area contributed by atoms with E-state index in [-0.39, 0.29) is 0 Å². The van der Waals surface area contributed by atoms with Crippen molar-refractivity contribution in [1.82, 2.24) is 0 Å². The summed E-state index contributed by atoms with van der Waals surface area (Å²) in [6.07, 6.45) is 0. The number of thiophene rings is 1. The predicted octanol–water partition coefficient (Wildman–Crippen LogP) is 1.33. The molecule has 0 atom stereocenters. The van der Waals surface area contributed by atoms with Gasteiger partial charge in [-0.05, 0) is 6.07 Å². The van der Waals surface area contributed by atoms with Crippen molar-refractivity contribution in [1.29, 1.82) is 0 Å². The third kappa shape index (κ3) is 2.63. The Kier molecular flexibility index (Phi) is 2.68. The molecular formula is C4H2ClFO4S3. The van der Waals surface area contributed by atoms with Gasteiger partial charge in [0.25, 0.3) is 9.05 Å². The average Bonchev–Trinajstić information content (AvgIpc) is 2.28. The van der Waals surface area contributed by atoms with E-state index in [1.54, 1.807) is 0 Å². The van der Waals surface area contributed by atoms with E-state index in [0.29, 0.717) is 17.4 Å². The maximum atomic E-state index is 12.3. The van der Waals surface area contributed by atoms with Gasteiger partial charge in [-0.25, -0.2) is 8.42 Å². The Labute approximate surface area is 82.6 Å². The number of hydrogen-bond donors (Lipinski definition) is 0. The van der Waals surface area contributed by atoms with Gasteiger partial charge >= 0.3 is 10.2 Å². The maximum absolute atomic E-state index is 12.3. The van der Waals surface area contributed by atoms with Gasteiger partial charge in [-0.1, -0.05) is 0 Å². The Morgan fingerprint density at radius 3 is 2.08 bits per heavy atom. The monoisotopic (exact) mass is 264 g/mol. The molecule has 1 heterocycles. The van der Waals surface area contributed by atoms with Crippen LogP contribution in [-0.4, -0.2) is 16.8 Å². The second kappa shape index (κ2) is 3.19. The summed E-state index contributed by atoms with van der Waals surface area (Å²) in [7, 11) is -3.95. The summed E-state index contributed by atoms with van der Waals surface area (Å²) < 4.78 is 53.7. The van der Waals surface area contributed by atoms with Gasteiger partial charge in [-0.3, -0.25) is 0 Å². The van der Waals surface area contributed by atoms with Crippen LogP contribution in [0.5, 0.6) is 0 Å². The van der Waals surface area contributed by atoms with E-state index in [2.05, 4.69) is 0 Å². The van der Waals surface area contributed by atoms with Crippen LogP contribution in [0.15, 0.2) is 20.6 Å². The molecule has 9 heteroatoms. The highest BCUT2D eigenvalue weighted by Crippen LogP contribution is 2.27. The molecule has 0 saturated carbocycles. The molecule has 0 aliphatic carbocycles. The summed E-state index contributed by atoms with van der Waals surface area (Å²) in [6.45, 7) is 0. The third-order valence-electron chi connectivity index (χ3n) is 1.07. The number of rotatable bonds is 2. The summed E-state index contributed by atoms with van der Waals surface area (Å²) in [5.74, 6) is 0. The minimum Gasteiger partial charge on any atom is -0.206 e. The molecule has 0 aromatic carbocycles. The van der Waals surface area contributed by atoms with Gasteiger partial charge in [-0.2, -0.15) is 8.42 Å². The molecule has 13 heavy (non-hydrogen) atoms. The first kappa shape index (κ1) is 10.9. The lowest BCUT2D eigenvalue weighted by atomic mass is 10.7. The maximum Gasteiger partial charge on any atom is 0.332 e. The zero-order valence-electron chi connectivity index (χ0n) is 5.77. The van der Waals surface area contributed by atoms with Crippen molar-refractivity contribution in [2.75, 3.05) is 0 Å². The summed E-state index contributed by atoms with van der Waals surface area (Å²) >= 11 is 0.544. The second-order valence-corrected chi connectivity index (χ2v) is 7.03. The van der Waals surface area contributed by atoms with E-state index in [1.165, 1.54) is 0 Å². The normalized spacial score (nSPS) is 13.1. The Morgan fingerprint density at radius 1 is 1.31 bits per heavy atom. The minimum atomic E-state index is -4.85. The highest BCUT2D eigenvalue weighted by molar-refractivity contribution is 8.15. The third-order valence-corrected chi connectivity index (χ3v) is 5.06. The zero-order valence-corrected chi connectivity index (χ0v) is 8.97. The summed E-state index contributed by atoms with van der Waals surface area (Å²) in [5, 5.41) is 0.866. The number of halogens is 2. The summed E-state index contributed by atoms with van der Waals surface area (Å²) in [6, 6.07) is 0.669. The Morgan fingerprint density at radius 2 is 1.85 bits per heavy atom. The fourth-order valence-electron chi connectivity index (χ4n) is 0.556. The molecule has 1 aromatic rings. The fraction of sp³-hybridized carbons (Fsp3) is 0. The highest BCUT2D eigenvalue weighted by Gasteiger charge is 2.19. The Bertz CT molecular complexity index is 467. The lowest BCUT2D eigenvalue weighted by molar-refractivity contribution is 0.552. The molecule has 0 bridgehead atoms. The second-order valence-electron chi connectivity index (χ2n) is 1.98. The van der Waals surface area contributed by atoms with E-state index in [0.717, 1.165) is 5.38 Å². The van der Waals surface area contributed by atoms with Crippen LogP contribution in [-0.2, 0) is 19.3 Å². The summed E-state index contributed by atoms with van der Waals surface area (Å²) in [5.41, 5.74) is 0. The number of hydrogen-bond acceptors (Lipinski definition) is 5. The Balaban J connectivity index is 3.32. The van der Waals surface area contributed by atoms with Crippen molar-refractivity contribution in [2.45, 2.75) is 9.10 Å². The molecule has 0 amide bonds. The molecule has 1 aromatic heterocycles. The highest BCUT2D eigenvalue weighted by atomic mass is 35.7. The SMILES string of the molecule is O=S(=O)(F)c1csc(S(=O)(=O)Cl)c1. The lowest BCUT2D eigenvalue weighted by Crippen LogP contribution is -1.89. The van der Waals surface area contributed by atoms with Crippen molar-refractivity contribution >= 4 is 41.3 Å². The molecule has 0 radical (unpaired) electrons. The molecule has 0 fully saturated rings. The van der Waals surface area contributed by atoms with E-state index in [4.69, 9.17) is 10.7 Å². The topological polar surface area (TPSA) is 68.3 Å². The first-order valence-electron chi connectivity index (χ1n) is 2.69. The first-order chi connectivity index (χ1) is 5.71. The van der Waals surface area contributed by atoms with Crippen LogP contribution < -0.4 is 0 Å². The van der Waals surface area contributed by atoms with Gasteiger partial charge in [-0.15, -0.1) is 15.2 Å². The molecule has 4 nitrogen and oxygen atoms in total. The molecule has 0 unspecified atom stereocenters. The predicted molar refractivity (Wildman–Crippen MR) is 45.7 cm³/mol. The van der Waals surface area contributed by atoms with Gasteiger partial charge < -0.3 is 0 Å². The fourth-order valence-corrected chi connectivity index (χ4v) is 3.40. The van der Waals surface area contributed by atoms with E-state index < -0.39 is 28.4 Å². The van der Waals surface area contributed by atoms with Crippen molar-refractivity contribution in [3.63, 3.8) is 0 Å². The zero-order chi connectivity index (χ0) is 10.3. The molecule has 1 rings (SSSR count). The molecule has 0 saturated heterocycles. The van der Waals surface area contributed by atoms with Crippen LogP contribution in [0.2, 0.25) is 0 Å². The first-order valence-corrected chi connectivity index (χ1v) is 7.26. The Hall–Kier alpha value is -0.180. The molecule has 0 aliphatic rings.